The Labute approximate surface area is 96.1 Å². The van der Waals surface area contributed by atoms with Crippen LogP contribution in [0, 0.1) is 0 Å². The highest BCUT2D eigenvalue weighted by Gasteiger charge is 2.02. The first-order valence-electron chi connectivity index (χ1n) is 5.27. The van der Waals surface area contributed by atoms with E-state index in [4.69, 9.17) is 0 Å². The van der Waals surface area contributed by atoms with E-state index in [0.717, 1.165) is 18.5 Å². The zero-order valence-electron chi connectivity index (χ0n) is 9.69. The normalized spacial score (nSPS) is 10.6. The second-order valence-corrected chi connectivity index (χ2v) is 3.41. The standard InChI is InChI=1S/C13H17NO2/c1-14-10-4-3-5-11-6-8-12(9-7-11)13(15)16-2/h3,5-9,14H,4,10H2,1-2H3. The SMILES string of the molecule is CNCCC=Cc1ccc(C(=O)OC)cc1. The largest absolute Gasteiger partial charge is 0.465 e. The van der Waals surface area contributed by atoms with Crippen LogP contribution in [0.5, 0.6) is 0 Å². The molecule has 3 heteroatoms. The van der Waals surface area contributed by atoms with Gasteiger partial charge in [0.05, 0.1) is 12.7 Å². The molecule has 0 saturated carbocycles. The van der Waals surface area contributed by atoms with E-state index in [1.165, 1.54) is 7.11 Å². The Morgan fingerprint density at radius 2 is 2.06 bits per heavy atom. The third-order valence-corrected chi connectivity index (χ3v) is 2.20. The first-order valence-corrected chi connectivity index (χ1v) is 5.27. The summed E-state index contributed by atoms with van der Waals surface area (Å²) in [6, 6.07) is 7.34. The van der Waals surface area contributed by atoms with E-state index < -0.39 is 0 Å². The molecular formula is C13H17NO2. The van der Waals surface area contributed by atoms with Crippen LogP contribution in [0.15, 0.2) is 30.3 Å². The minimum absolute atomic E-state index is 0.300. The van der Waals surface area contributed by atoms with Gasteiger partial charge in [-0.2, -0.15) is 0 Å². The van der Waals surface area contributed by atoms with Crippen LogP contribution >= 0.6 is 0 Å². The molecule has 0 radical (unpaired) electrons. The molecule has 0 atom stereocenters. The molecule has 1 rings (SSSR count). The van der Waals surface area contributed by atoms with Gasteiger partial charge in [-0.15, -0.1) is 0 Å². The molecule has 0 spiro atoms. The molecular weight excluding hydrogens is 202 g/mol. The van der Waals surface area contributed by atoms with E-state index in [1.807, 2.05) is 25.3 Å². The van der Waals surface area contributed by atoms with Crippen molar-refractivity contribution < 1.29 is 9.53 Å². The summed E-state index contributed by atoms with van der Waals surface area (Å²) >= 11 is 0. The second kappa shape index (κ2) is 6.80. The van der Waals surface area contributed by atoms with Gasteiger partial charge in [0.15, 0.2) is 0 Å². The van der Waals surface area contributed by atoms with E-state index >= 15 is 0 Å². The average Bonchev–Trinajstić information content (AvgIpc) is 2.34. The van der Waals surface area contributed by atoms with Crippen molar-refractivity contribution in [3.05, 3.63) is 41.5 Å². The molecule has 0 heterocycles. The van der Waals surface area contributed by atoms with Crippen LogP contribution in [0.4, 0.5) is 0 Å². The van der Waals surface area contributed by atoms with Crippen LogP contribution in [0.2, 0.25) is 0 Å². The number of nitrogens with one attached hydrogen (secondary N) is 1. The number of carbonyl (C=O) groups excluding carboxylic acids is 1. The van der Waals surface area contributed by atoms with Gasteiger partial charge in [0.2, 0.25) is 0 Å². The maximum Gasteiger partial charge on any atom is 0.337 e. The third-order valence-electron chi connectivity index (χ3n) is 2.20. The molecule has 0 amide bonds. The Kier molecular flexibility index (Phi) is 5.29. The fourth-order valence-corrected chi connectivity index (χ4v) is 1.30. The fraction of sp³-hybridized carbons (Fsp3) is 0.308. The van der Waals surface area contributed by atoms with Crippen molar-refractivity contribution in [3.63, 3.8) is 0 Å². The molecule has 16 heavy (non-hydrogen) atoms. The Morgan fingerprint density at radius 1 is 1.38 bits per heavy atom. The number of ether oxygens (including phenoxy) is 1. The molecule has 0 bridgehead atoms. The molecule has 86 valence electrons. The van der Waals surface area contributed by atoms with Crippen LogP contribution in [0.1, 0.15) is 22.3 Å². The number of benzene rings is 1. The number of hydrogen-bond donors (Lipinski definition) is 1. The Morgan fingerprint density at radius 3 is 2.62 bits per heavy atom. The summed E-state index contributed by atoms with van der Waals surface area (Å²) in [5.41, 5.74) is 1.67. The average molecular weight is 219 g/mol. The molecule has 0 saturated heterocycles. The highest BCUT2D eigenvalue weighted by atomic mass is 16.5. The molecule has 1 N–H and O–H groups in total. The highest BCUT2D eigenvalue weighted by molar-refractivity contribution is 5.89. The summed E-state index contributed by atoms with van der Waals surface area (Å²) in [4.78, 5) is 11.2. The Hall–Kier alpha value is -1.61. The van der Waals surface area contributed by atoms with Crippen LogP contribution in [-0.2, 0) is 4.74 Å². The first kappa shape index (κ1) is 12.5. The molecule has 0 unspecified atom stereocenters. The highest BCUT2D eigenvalue weighted by Crippen LogP contribution is 2.07. The van der Waals surface area contributed by atoms with Crippen molar-refractivity contribution in [2.75, 3.05) is 20.7 Å². The lowest BCUT2D eigenvalue weighted by atomic mass is 10.1. The number of hydrogen-bond acceptors (Lipinski definition) is 3. The minimum Gasteiger partial charge on any atom is -0.465 e. The summed E-state index contributed by atoms with van der Waals surface area (Å²) in [6.07, 6.45) is 5.14. The Balaban J connectivity index is 2.57. The lowest BCUT2D eigenvalue weighted by molar-refractivity contribution is 0.0601. The van der Waals surface area contributed by atoms with Crippen molar-refractivity contribution in [2.24, 2.45) is 0 Å². The molecule has 0 aliphatic heterocycles. The molecule has 0 aliphatic rings. The topological polar surface area (TPSA) is 38.3 Å². The fourth-order valence-electron chi connectivity index (χ4n) is 1.30. The molecule has 0 aromatic heterocycles. The predicted octanol–water partition coefficient (Wildman–Crippen LogP) is 2.10. The number of rotatable bonds is 5. The van der Waals surface area contributed by atoms with Crippen LogP contribution < -0.4 is 5.32 Å². The summed E-state index contributed by atoms with van der Waals surface area (Å²) < 4.78 is 4.62. The smallest absolute Gasteiger partial charge is 0.337 e. The zero-order valence-corrected chi connectivity index (χ0v) is 9.69. The van der Waals surface area contributed by atoms with Gasteiger partial charge in [0, 0.05) is 0 Å². The summed E-state index contributed by atoms with van der Waals surface area (Å²) in [7, 11) is 3.31. The van der Waals surface area contributed by atoms with E-state index in [1.54, 1.807) is 12.1 Å². The van der Waals surface area contributed by atoms with Gasteiger partial charge < -0.3 is 10.1 Å². The lowest BCUT2D eigenvalue weighted by Crippen LogP contribution is -2.05. The van der Waals surface area contributed by atoms with E-state index in [9.17, 15) is 4.79 Å². The van der Waals surface area contributed by atoms with Crippen molar-refractivity contribution >= 4 is 12.0 Å². The summed E-state index contributed by atoms with van der Waals surface area (Å²) in [6.45, 7) is 0.969. The van der Waals surface area contributed by atoms with Gasteiger partial charge in [0.25, 0.3) is 0 Å². The summed E-state index contributed by atoms with van der Waals surface area (Å²) in [5.74, 6) is -0.300. The second-order valence-electron chi connectivity index (χ2n) is 3.41. The van der Waals surface area contributed by atoms with E-state index in [2.05, 4.69) is 16.1 Å². The van der Waals surface area contributed by atoms with Crippen molar-refractivity contribution in [1.82, 2.24) is 5.32 Å². The molecule has 0 fully saturated rings. The Bertz CT molecular complexity index is 355. The molecule has 1 aromatic carbocycles. The van der Waals surface area contributed by atoms with Gasteiger partial charge in [0.1, 0.15) is 0 Å². The van der Waals surface area contributed by atoms with Gasteiger partial charge in [-0.1, -0.05) is 24.3 Å². The third kappa shape index (κ3) is 3.87. The maximum absolute atomic E-state index is 11.2. The first-order chi connectivity index (χ1) is 7.77. The predicted molar refractivity (Wildman–Crippen MR) is 65.4 cm³/mol. The van der Waals surface area contributed by atoms with Crippen LogP contribution in [-0.4, -0.2) is 26.7 Å². The monoisotopic (exact) mass is 219 g/mol. The number of esters is 1. The van der Waals surface area contributed by atoms with Crippen molar-refractivity contribution in [1.29, 1.82) is 0 Å². The van der Waals surface area contributed by atoms with Gasteiger partial charge in [-0.05, 0) is 37.7 Å². The van der Waals surface area contributed by atoms with E-state index in [0.29, 0.717) is 5.56 Å². The van der Waals surface area contributed by atoms with Gasteiger partial charge in [-0.25, -0.2) is 4.79 Å². The molecule has 0 aliphatic carbocycles. The van der Waals surface area contributed by atoms with E-state index in [-0.39, 0.29) is 5.97 Å². The molecule has 3 nitrogen and oxygen atoms in total. The minimum atomic E-state index is -0.300. The van der Waals surface area contributed by atoms with Crippen molar-refractivity contribution in [2.45, 2.75) is 6.42 Å². The lowest BCUT2D eigenvalue weighted by Gasteiger charge is -1.99. The maximum atomic E-state index is 11.2. The number of carbonyl (C=O) groups is 1. The number of methoxy groups -OCH3 is 1. The summed E-state index contributed by atoms with van der Waals surface area (Å²) in [5, 5.41) is 3.07. The van der Waals surface area contributed by atoms with Crippen molar-refractivity contribution in [3.8, 4) is 0 Å². The van der Waals surface area contributed by atoms with Crippen LogP contribution in [0.25, 0.3) is 6.08 Å². The molecule has 1 aromatic rings. The zero-order chi connectivity index (χ0) is 11.8. The quantitative estimate of drug-likeness (QED) is 0.608. The van der Waals surface area contributed by atoms with Crippen LogP contribution in [0.3, 0.4) is 0 Å². The van der Waals surface area contributed by atoms with Gasteiger partial charge in [-0.3, -0.25) is 0 Å². The van der Waals surface area contributed by atoms with Gasteiger partial charge >= 0.3 is 5.97 Å².